The second-order valence-electron chi connectivity index (χ2n) is 8.97. The van der Waals surface area contributed by atoms with Gasteiger partial charge in [-0.1, -0.05) is 50.6 Å². The molecule has 3 aliphatic rings. The summed E-state index contributed by atoms with van der Waals surface area (Å²) in [7, 11) is 0. The fraction of sp³-hybridized carbons (Fsp3) is 0.652. The third-order valence-corrected chi connectivity index (χ3v) is 7.37. The van der Waals surface area contributed by atoms with Gasteiger partial charge in [0.1, 0.15) is 0 Å². The summed E-state index contributed by atoms with van der Waals surface area (Å²) in [6.07, 6.45) is 14.4. The summed E-state index contributed by atoms with van der Waals surface area (Å²) >= 11 is 0. The van der Waals surface area contributed by atoms with Crippen LogP contribution in [0, 0.1) is 23.2 Å². The van der Waals surface area contributed by atoms with Gasteiger partial charge in [-0.25, -0.2) is 0 Å². The Hall–Kier alpha value is -1.04. The maximum absolute atomic E-state index is 4.42. The van der Waals surface area contributed by atoms with Gasteiger partial charge in [0.05, 0.1) is 0 Å². The fourth-order valence-corrected chi connectivity index (χ4v) is 5.87. The van der Waals surface area contributed by atoms with Crippen molar-refractivity contribution in [1.29, 1.82) is 0 Å². The molecule has 0 heterocycles. The lowest BCUT2D eigenvalue weighted by Gasteiger charge is -2.46. The second kappa shape index (κ2) is 6.11. The average Bonchev–Trinajstić information content (AvgIpc) is 2.56. The van der Waals surface area contributed by atoms with Crippen LogP contribution in [0.3, 0.4) is 0 Å². The van der Waals surface area contributed by atoms with Crippen molar-refractivity contribution < 1.29 is 0 Å². The van der Waals surface area contributed by atoms with Crippen LogP contribution >= 0.6 is 0 Å². The number of hydrogen-bond acceptors (Lipinski definition) is 0. The van der Waals surface area contributed by atoms with Crippen LogP contribution in [0.5, 0.6) is 0 Å². The number of hydrogen-bond donors (Lipinski definition) is 0. The van der Waals surface area contributed by atoms with Crippen molar-refractivity contribution in [3.05, 3.63) is 42.0 Å². The van der Waals surface area contributed by atoms with Crippen molar-refractivity contribution in [2.75, 3.05) is 0 Å². The molecule has 0 saturated heterocycles. The predicted molar refractivity (Wildman–Crippen MR) is 99.3 cm³/mol. The Morgan fingerprint density at radius 1 is 0.870 bits per heavy atom. The third-order valence-electron chi connectivity index (χ3n) is 7.37. The molecule has 0 heteroatoms. The van der Waals surface area contributed by atoms with E-state index < -0.39 is 0 Å². The minimum Gasteiger partial charge on any atom is -0.0952 e. The number of fused-ring (bicyclic) bond motifs is 1. The molecular formula is C23H32. The zero-order valence-corrected chi connectivity index (χ0v) is 14.8. The number of rotatable bonds is 1. The summed E-state index contributed by atoms with van der Waals surface area (Å²) in [5.74, 6) is 3.06. The fourth-order valence-electron chi connectivity index (χ4n) is 5.87. The van der Waals surface area contributed by atoms with Gasteiger partial charge < -0.3 is 0 Å². The monoisotopic (exact) mass is 308 g/mol. The smallest absolute Gasteiger partial charge is 0.0198 e. The van der Waals surface area contributed by atoms with Crippen LogP contribution in [0.25, 0.3) is 5.57 Å². The van der Waals surface area contributed by atoms with Gasteiger partial charge in [0.25, 0.3) is 0 Å². The zero-order valence-electron chi connectivity index (χ0n) is 14.8. The second-order valence-corrected chi connectivity index (χ2v) is 8.97. The van der Waals surface area contributed by atoms with Crippen molar-refractivity contribution in [1.82, 2.24) is 0 Å². The van der Waals surface area contributed by atoms with Crippen LogP contribution in [-0.4, -0.2) is 0 Å². The molecule has 0 N–H and O–H groups in total. The molecule has 0 atom stereocenters. The van der Waals surface area contributed by atoms with Crippen molar-refractivity contribution in [2.45, 2.75) is 71.1 Å². The van der Waals surface area contributed by atoms with Crippen molar-refractivity contribution in [3.63, 3.8) is 0 Å². The molecule has 2 fully saturated rings. The van der Waals surface area contributed by atoms with E-state index in [4.69, 9.17) is 0 Å². The molecule has 1 spiro atoms. The van der Waals surface area contributed by atoms with E-state index in [0.29, 0.717) is 5.41 Å². The van der Waals surface area contributed by atoms with E-state index in [-0.39, 0.29) is 0 Å². The van der Waals surface area contributed by atoms with Gasteiger partial charge in [0.2, 0.25) is 0 Å². The van der Waals surface area contributed by atoms with E-state index >= 15 is 0 Å². The molecule has 0 bridgehead atoms. The molecule has 0 aliphatic heterocycles. The first-order chi connectivity index (χ1) is 11.2. The van der Waals surface area contributed by atoms with Crippen molar-refractivity contribution in [2.24, 2.45) is 23.2 Å². The van der Waals surface area contributed by atoms with Crippen LogP contribution in [0.2, 0.25) is 0 Å². The summed E-state index contributed by atoms with van der Waals surface area (Å²) in [5.41, 5.74) is 4.95. The highest BCUT2D eigenvalue weighted by Gasteiger charge is 2.40. The molecule has 2 saturated carbocycles. The quantitative estimate of drug-likeness (QED) is 0.545. The lowest BCUT2D eigenvalue weighted by Crippen LogP contribution is -2.35. The molecule has 0 aromatic heterocycles. The Balaban J connectivity index is 1.42. The SMILES string of the molecule is C=C1CC2(CCC(C3CCC(C)CC3)CC2)Cc2ccccc21. The topological polar surface area (TPSA) is 0 Å². The standard InChI is InChI=1S/C23H32/c1-17-7-9-19(10-8-17)20-11-13-23(14-12-20)15-18(2)22-6-4-3-5-21(22)16-23/h3-6,17,19-20H,2,7-16H2,1H3. The molecule has 0 unspecified atom stereocenters. The summed E-state index contributed by atoms with van der Waals surface area (Å²) in [6, 6.07) is 9.00. The van der Waals surface area contributed by atoms with E-state index in [9.17, 15) is 0 Å². The van der Waals surface area contributed by atoms with Crippen LogP contribution in [-0.2, 0) is 6.42 Å². The Morgan fingerprint density at radius 3 is 2.26 bits per heavy atom. The molecular weight excluding hydrogens is 276 g/mol. The zero-order chi connectivity index (χ0) is 15.9. The van der Waals surface area contributed by atoms with Crippen molar-refractivity contribution >= 4 is 5.57 Å². The Morgan fingerprint density at radius 2 is 1.52 bits per heavy atom. The van der Waals surface area contributed by atoms with Gasteiger partial charge in [-0.3, -0.25) is 0 Å². The van der Waals surface area contributed by atoms with Crippen LogP contribution < -0.4 is 0 Å². The maximum Gasteiger partial charge on any atom is -0.0198 e. The van der Waals surface area contributed by atoms with Gasteiger partial charge >= 0.3 is 0 Å². The van der Waals surface area contributed by atoms with Gasteiger partial charge in [-0.2, -0.15) is 0 Å². The molecule has 124 valence electrons. The maximum atomic E-state index is 4.42. The van der Waals surface area contributed by atoms with Crippen LogP contribution in [0.4, 0.5) is 0 Å². The average molecular weight is 309 g/mol. The summed E-state index contributed by atoms with van der Waals surface area (Å²) in [5, 5.41) is 0. The van der Waals surface area contributed by atoms with Crippen LogP contribution in [0.15, 0.2) is 30.8 Å². The van der Waals surface area contributed by atoms with E-state index in [1.165, 1.54) is 75.3 Å². The minimum atomic E-state index is 0.546. The first-order valence-electron chi connectivity index (χ1n) is 9.91. The molecule has 23 heavy (non-hydrogen) atoms. The summed E-state index contributed by atoms with van der Waals surface area (Å²) in [6.45, 7) is 6.86. The van der Waals surface area contributed by atoms with Gasteiger partial charge in [0.15, 0.2) is 0 Å². The lowest BCUT2D eigenvalue weighted by molar-refractivity contribution is 0.0952. The Labute approximate surface area is 142 Å². The molecule has 1 aromatic carbocycles. The summed E-state index contributed by atoms with van der Waals surface area (Å²) in [4.78, 5) is 0. The Kier molecular flexibility index (Phi) is 4.12. The molecule has 4 rings (SSSR count). The first-order valence-corrected chi connectivity index (χ1v) is 9.91. The lowest BCUT2D eigenvalue weighted by atomic mass is 9.59. The summed E-state index contributed by atoms with van der Waals surface area (Å²) < 4.78 is 0. The minimum absolute atomic E-state index is 0.546. The van der Waals surface area contributed by atoms with Crippen molar-refractivity contribution in [3.8, 4) is 0 Å². The number of benzene rings is 1. The van der Waals surface area contributed by atoms with E-state index in [1.54, 1.807) is 5.56 Å². The largest absolute Gasteiger partial charge is 0.0952 e. The molecule has 0 nitrogen and oxygen atoms in total. The normalized spacial score (nSPS) is 37.6. The predicted octanol–water partition coefficient (Wildman–Crippen LogP) is 6.65. The number of allylic oxidation sites excluding steroid dienone is 1. The molecule has 1 aromatic rings. The van der Waals surface area contributed by atoms with E-state index in [1.807, 2.05) is 0 Å². The van der Waals surface area contributed by atoms with E-state index in [2.05, 4.69) is 37.8 Å². The third kappa shape index (κ3) is 3.02. The van der Waals surface area contributed by atoms with Gasteiger partial charge in [-0.05, 0) is 91.2 Å². The van der Waals surface area contributed by atoms with Crippen LogP contribution in [0.1, 0.15) is 75.8 Å². The highest BCUT2D eigenvalue weighted by molar-refractivity contribution is 5.69. The van der Waals surface area contributed by atoms with Gasteiger partial charge in [0, 0.05) is 0 Å². The molecule has 3 aliphatic carbocycles. The first kappa shape index (κ1) is 15.5. The highest BCUT2D eigenvalue weighted by Crippen LogP contribution is 2.53. The molecule has 0 radical (unpaired) electrons. The van der Waals surface area contributed by atoms with E-state index in [0.717, 1.165) is 17.8 Å². The Bertz CT molecular complexity index is 565. The highest BCUT2D eigenvalue weighted by atomic mass is 14.5. The molecule has 0 amide bonds. The van der Waals surface area contributed by atoms with Gasteiger partial charge in [-0.15, -0.1) is 0 Å².